The molecule has 0 aromatic carbocycles. The highest BCUT2D eigenvalue weighted by molar-refractivity contribution is 6.70. The van der Waals surface area contributed by atoms with E-state index in [1.807, 2.05) is 0 Å². The summed E-state index contributed by atoms with van der Waals surface area (Å²) in [4.78, 5) is 0. The van der Waals surface area contributed by atoms with E-state index in [2.05, 4.69) is 53.4 Å². The van der Waals surface area contributed by atoms with Gasteiger partial charge in [0.15, 0.2) is 0 Å². The lowest BCUT2D eigenvalue weighted by Crippen LogP contribution is -2.47. The first-order valence-corrected chi connectivity index (χ1v) is 10.5. The van der Waals surface area contributed by atoms with Gasteiger partial charge in [0.1, 0.15) is 6.54 Å². The summed E-state index contributed by atoms with van der Waals surface area (Å²) in [6.45, 7) is 20.5. The molecule has 0 unspecified atom stereocenters. The average Bonchev–Trinajstić information content (AvgIpc) is 2.28. The molecule has 0 spiro atoms. The molecule has 3 heteroatoms. The molecule has 0 aromatic rings. The maximum atomic E-state index is 6.11. The summed E-state index contributed by atoms with van der Waals surface area (Å²) in [7, 11) is -1.44. The molecule has 0 heterocycles. The summed E-state index contributed by atoms with van der Waals surface area (Å²) < 4.78 is 7.27. The summed E-state index contributed by atoms with van der Waals surface area (Å²) in [5.74, 6) is 1.20. The molecular formula is C14H32NOSi+. The normalized spacial score (nSPS) is 13.9. The molecule has 0 aliphatic carbocycles. The number of likely N-dealkylation sites (N-methyl/N-ethyl adjacent to an activating group) is 1. The molecule has 0 N–H and O–H groups in total. The maximum absolute atomic E-state index is 6.11. The van der Waals surface area contributed by atoms with Crippen molar-refractivity contribution in [3.8, 4) is 0 Å². The summed E-state index contributed by atoms with van der Waals surface area (Å²) in [5.41, 5.74) is 0. The van der Waals surface area contributed by atoms with Crippen molar-refractivity contribution in [2.45, 2.75) is 53.8 Å². The van der Waals surface area contributed by atoms with Gasteiger partial charge in [-0.25, -0.2) is 0 Å². The Kier molecular flexibility index (Phi) is 7.10. The fourth-order valence-corrected chi connectivity index (χ4v) is 3.02. The molecule has 0 aromatic heterocycles. The van der Waals surface area contributed by atoms with Gasteiger partial charge in [0, 0.05) is 12.5 Å². The monoisotopic (exact) mass is 258 g/mol. The molecule has 0 aliphatic rings. The lowest BCUT2D eigenvalue weighted by molar-refractivity contribution is -0.917. The topological polar surface area (TPSA) is 9.23 Å². The van der Waals surface area contributed by atoms with Crippen LogP contribution in [0.2, 0.25) is 19.6 Å². The van der Waals surface area contributed by atoms with Crippen molar-refractivity contribution in [3.63, 3.8) is 0 Å². The number of quaternary nitrogens is 1. The van der Waals surface area contributed by atoms with Crippen molar-refractivity contribution in [1.29, 1.82) is 0 Å². The zero-order chi connectivity index (χ0) is 13.5. The highest BCUT2D eigenvalue weighted by atomic mass is 28.4. The largest absolute Gasteiger partial charge is 0.547 e. The van der Waals surface area contributed by atoms with Crippen LogP contribution >= 0.6 is 0 Å². The molecule has 17 heavy (non-hydrogen) atoms. The van der Waals surface area contributed by atoms with Crippen molar-refractivity contribution >= 4 is 8.32 Å². The van der Waals surface area contributed by atoms with Gasteiger partial charge in [-0.2, -0.15) is 0 Å². The fraction of sp³-hybridized carbons (Fsp3) is 0.857. The lowest BCUT2D eigenvalue weighted by atomic mass is 10.3. The van der Waals surface area contributed by atoms with Gasteiger partial charge in [-0.1, -0.05) is 6.92 Å². The predicted molar refractivity (Wildman–Crippen MR) is 79.6 cm³/mol. The van der Waals surface area contributed by atoms with E-state index in [1.165, 1.54) is 29.9 Å². The number of hydrogen-bond acceptors (Lipinski definition) is 1. The number of allylic oxidation sites excluding steroid dienone is 1. The van der Waals surface area contributed by atoms with Gasteiger partial charge in [0.2, 0.25) is 8.32 Å². The van der Waals surface area contributed by atoms with E-state index in [-0.39, 0.29) is 0 Å². The van der Waals surface area contributed by atoms with Crippen molar-refractivity contribution in [1.82, 2.24) is 0 Å². The number of nitrogens with zero attached hydrogens (tertiary/aromatic N) is 1. The highest BCUT2D eigenvalue weighted by Gasteiger charge is 2.21. The van der Waals surface area contributed by atoms with Crippen molar-refractivity contribution in [2.24, 2.45) is 0 Å². The number of hydrogen-bond donors (Lipinski definition) is 0. The summed E-state index contributed by atoms with van der Waals surface area (Å²) >= 11 is 0. The van der Waals surface area contributed by atoms with Crippen LogP contribution < -0.4 is 0 Å². The van der Waals surface area contributed by atoms with Crippen LogP contribution in [-0.2, 0) is 4.43 Å². The van der Waals surface area contributed by atoms with E-state index in [9.17, 15) is 0 Å². The van der Waals surface area contributed by atoms with E-state index in [0.717, 1.165) is 13.0 Å². The molecule has 0 aliphatic heterocycles. The summed E-state index contributed by atoms with van der Waals surface area (Å²) in [6, 6.07) is 0. The molecule has 2 nitrogen and oxygen atoms in total. The fourth-order valence-electron chi connectivity index (χ4n) is 2.01. The van der Waals surface area contributed by atoms with E-state index >= 15 is 0 Å². The second-order valence-corrected chi connectivity index (χ2v) is 10.1. The van der Waals surface area contributed by atoms with Crippen LogP contribution in [0.5, 0.6) is 0 Å². The Morgan fingerprint density at radius 3 is 1.76 bits per heavy atom. The molecule has 0 atom stereocenters. The Bertz CT molecular complexity index is 231. The van der Waals surface area contributed by atoms with Gasteiger partial charge < -0.3 is 8.91 Å². The Hall–Kier alpha value is -0.283. The van der Waals surface area contributed by atoms with Gasteiger partial charge in [0.25, 0.3) is 0 Å². The Labute approximate surface area is 109 Å². The van der Waals surface area contributed by atoms with Crippen LogP contribution in [-0.4, -0.2) is 39.0 Å². The summed E-state index contributed by atoms with van der Waals surface area (Å²) in [6.07, 6.45) is 3.34. The highest BCUT2D eigenvalue weighted by Crippen LogP contribution is 2.15. The van der Waals surface area contributed by atoms with E-state index in [1.54, 1.807) is 0 Å². The molecule has 0 bridgehead atoms. The Morgan fingerprint density at radius 1 is 1.00 bits per heavy atom. The Morgan fingerprint density at radius 2 is 1.47 bits per heavy atom. The average molecular weight is 259 g/mol. The van der Waals surface area contributed by atoms with E-state index < -0.39 is 8.32 Å². The van der Waals surface area contributed by atoms with Crippen LogP contribution in [0.15, 0.2) is 11.8 Å². The first-order chi connectivity index (χ1) is 7.82. The molecule has 0 saturated carbocycles. The minimum absolute atomic E-state index is 1.02. The molecule has 0 fully saturated rings. The standard InChI is InChI=1S/C14H32NOSi/c1-8-14(16-17(5,6)7)12-13-15(9-2,10-3)11-4/h12H,8-11,13H2,1-7H3/q+1/b14-12-. The maximum Gasteiger partial charge on any atom is 0.241 e. The molecule has 0 rings (SSSR count). The zero-order valence-electron chi connectivity index (χ0n) is 13.0. The van der Waals surface area contributed by atoms with Gasteiger partial charge in [-0.05, 0) is 40.4 Å². The third-order valence-electron chi connectivity index (χ3n) is 3.50. The molecule has 102 valence electrons. The third-order valence-corrected chi connectivity index (χ3v) is 4.38. The second-order valence-electron chi connectivity index (χ2n) is 5.71. The van der Waals surface area contributed by atoms with Gasteiger partial charge in [0.05, 0.1) is 25.4 Å². The SMILES string of the molecule is CC/C(=C/C[N+](CC)(CC)CC)O[Si](C)(C)C. The lowest BCUT2D eigenvalue weighted by Gasteiger charge is -2.35. The molecule has 0 amide bonds. The van der Waals surface area contributed by atoms with Crippen LogP contribution in [0.1, 0.15) is 34.1 Å². The third kappa shape index (κ3) is 6.27. The predicted octanol–water partition coefficient (Wildman–Crippen LogP) is 4.01. The summed E-state index contributed by atoms with van der Waals surface area (Å²) in [5, 5.41) is 0. The Balaban J connectivity index is 4.64. The first-order valence-electron chi connectivity index (χ1n) is 7.05. The quantitative estimate of drug-likeness (QED) is 0.363. The zero-order valence-corrected chi connectivity index (χ0v) is 14.0. The van der Waals surface area contributed by atoms with Gasteiger partial charge in [-0.3, -0.25) is 0 Å². The molecule has 0 saturated heterocycles. The smallest absolute Gasteiger partial charge is 0.241 e. The van der Waals surface area contributed by atoms with Gasteiger partial charge in [-0.15, -0.1) is 0 Å². The minimum atomic E-state index is -1.44. The van der Waals surface area contributed by atoms with Crippen LogP contribution in [0.4, 0.5) is 0 Å². The van der Waals surface area contributed by atoms with Crippen LogP contribution in [0.25, 0.3) is 0 Å². The molecule has 0 radical (unpaired) electrons. The van der Waals surface area contributed by atoms with E-state index in [4.69, 9.17) is 4.43 Å². The van der Waals surface area contributed by atoms with Crippen molar-refractivity contribution in [3.05, 3.63) is 11.8 Å². The first kappa shape index (κ1) is 16.7. The minimum Gasteiger partial charge on any atom is -0.547 e. The van der Waals surface area contributed by atoms with Crippen LogP contribution in [0, 0.1) is 0 Å². The molecular weight excluding hydrogens is 226 g/mol. The van der Waals surface area contributed by atoms with Crippen molar-refractivity contribution < 1.29 is 8.91 Å². The van der Waals surface area contributed by atoms with Crippen LogP contribution in [0.3, 0.4) is 0 Å². The second kappa shape index (κ2) is 7.22. The number of rotatable bonds is 8. The van der Waals surface area contributed by atoms with Gasteiger partial charge >= 0.3 is 0 Å². The van der Waals surface area contributed by atoms with E-state index in [0.29, 0.717) is 0 Å². The van der Waals surface area contributed by atoms with Crippen molar-refractivity contribution in [2.75, 3.05) is 26.2 Å².